The van der Waals surface area contributed by atoms with Crippen molar-refractivity contribution in [2.45, 2.75) is 33.4 Å². The highest BCUT2D eigenvalue weighted by atomic mass is 16.5. The highest BCUT2D eigenvalue weighted by Gasteiger charge is 2.05. The Kier molecular flexibility index (Phi) is 7.11. The maximum absolute atomic E-state index is 5.64. The molecule has 0 aliphatic rings. The van der Waals surface area contributed by atoms with Gasteiger partial charge >= 0.3 is 0 Å². The lowest BCUT2D eigenvalue weighted by atomic mass is 10.1. The molecule has 0 bridgehead atoms. The zero-order chi connectivity index (χ0) is 16.5. The highest BCUT2D eigenvalue weighted by Crippen LogP contribution is 2.18. The molecule has 0 spiro atoms. The maximum atomic E-state index is 5.64. The van der Waals surface area contributed by atoms with Crippen molar-refractivity contribution < 1.29 is 9.47 Å². The number of aryl methyl sites for hydroxylation is 1. The second-order valence-corrected chi connectivity index (χ2v) is 5.71. The van der Waals surface area contributed by atoms with Gasteiger partial charge in [0.2, 0.25) is 0 Å². The number of rotatable bonds is 9. The van der Waals surface area contributed by atoms with E-state index in [1.807, 2.05) is 19.1 Å². The van der Waals surface area contributed by atoms with Gasteiger partial charge in [-0.05, 0) is 44.0 Å². The molecule has 1 atom stereocenters. The largest absolute Gasteiger partial charge is 0.491 e. The van der Waals surface area contributed by atoms with Gasteiger partial charge in [-0.1, -0.05) is 42.0 Å². The fourth-order valence-corrected chi connectivity index (χ4v) is 2.43. The molecular formula is C20H27NO2. The normalized spacial score (nSPS) is 12.1. The molecule has 2 aromatic carbocycles. The summed E-state index contributed by atoms with van der Waals surface area (Å²) in [4.78, 5) is 0. The van der Waals surface area contributed by atoms with Crippen molar-refractivity contribution in [3.63, 3.8) is 0 Å². The molecule has 0 amide bonds. The second kappa shape index (κ2) is 9.33. The van der Waals surface area contributed by atoms with Gasteiger partial charge in [-0.3, -0.25) is 0 Å². The molecule has 0 heterocycles. The van der Waals surface area contributed by atoms with Crippen LogP contribution in [0.15, 0.2) is 48.5 Å². The molecule has 0 saturated carbocycles. The summed E-state index contributed by atoms with van der Waals surface area (Å²) in [5, 5.41) is 3.56. The molecule has 2 rings (SSSR count). The first kappa shape index (κ1) is 17.5. The van der Waals surface area contributed by atoms with E-state index in [9.17, 15) is 0 Å². The van der Waals surface area contributed by atoms with Crippen LogP contribution < -0.4 is 10.1 Å². The Morgan fingerprint density at radius 2 is 1.83 bits per heavy atom. The van der Waals surface area contributed by atoms with Crippen molar-refractivity contribution in [2.75, 3.05) is 19.8 Å². The zero-order valence-electron chi connectivity index (χ0n) is 14.3. The molecule has 3 heteroatoms. The molecule has 3 nitrogen and oxygen atoms in total. The second-order valence-electron chi connectivity index (χ2n) is 5.71. The molecule has 0 aromatic heterocycles. The fourth-order valence-electron chi connectivity index (χ4n) is 2.43. The van der Waals surface area contributed by atoms with E-state index in [4.69, 9.17) is 9.47 Å². The van der Waals surface area contributed by atoms with Gasteiger partial charge in [0.15, 0.2) is 0 Å². The van der Waals surface area contributed by atoms with Gasteiger partial charge in [-0.15, -0.1) is 0 Å². The van der Waals surface area contributed by atoms with Gasteiger partial charge in [-0.2, -0.15) is 0 Å². The van der Waals surface area contributed by atoms with E-state index in [0.29, 0.717) is 19.3 Å². The predicted octanol–water partition coefficient (Wildman–Crippen LogP) is 4.26. The molecule has 1 unspecified atom stereocenters. The van der Waals surface area contributed by atoms with Gasteiger partial charge in [-0.25, -0.2) is 0 Å². The van der Waals surface area contributed by atoms with Crippen LogP contribution in [-0.2, 0) is 11.3 Å². The summed E-state index contributed by atoms with van der Waals surface area (Å²) in [6.45, 7) is 9.11. The fraction of sp³-hybridized carbons (Fsp3) is 0.400. The van der Waals surface area contributed by atoms with Gasteiger partial charge in [0.25, 0.3) is 0 Å². The molecule has 0 fully saturated rings. The molecular weight excluding hydrogens is 286 g/mol. The molecule has 124 valence electrons. The molecule has 2 aromatic rings. The summed E-state index contributed by atoms with van der Waals surface area (Å²) in [5.74, 6) is 0.888. The zero-order valence-corrected chi connectivity index (χ0v) is 14.3. The first-order chi connectivity index (χ1) is 11.2. The number of hydrogen-bond acceptors (Lipinski definition) is 3. The average molecular weight is 313 g/mol. The van der Waals surface area contributed by atoms with E-state index in [0.717, 1.165) is 18.9 Å². The molecule has 0 aliphatic heterocycles. The van der Waals surface area contributed by atoms with E-state index < -0.39 is 0 Å². The van der Waals surface area contributed by atoms with E-state index in [2.05, 4.69) is 55.6 Å². The Morgan fingerprint density at radius 3 is 2.52 bits per heavy atom. The summed E-state index contributed by atoms with van der Waals surface area (Å²) in [5.41, 5.74) is 3.87. The van der Waals surface area contributed by atoms with E-state index >= 15 is 0 Å². The van der Waals surface area contributed by atoms with Crippen LogP contribution in [0.2, 0.25) is 0 Å². The Labute approximate surface area is 139 Å². The molecule has 0 aliphatic carbocycles. The molecule has 0 saturated heterocycles. The van der Waals surface area contributed by atoms with Gasteiger partial charge in [0, 0.05) is 19.2 Å². The summed E-state index contributed by atoms with van der Waals surface area (Å²) in [6, 6.07) is 17.2. The topological polar surface area (TPSA) is 30.5 Å². The minimum absolute atomic E-state index is 0.299. The van der Waals surface area contributed by atoms with Crippen molar-refractivity contribution in [3.05, 3.63) is 65.2 Å². The van der Waals surface area contributed by atoms with Gasteiger partial charge in [0.1, 0.15) is 12.4 Å². The molecule has 1 N–H and O–H groups in total. The molecule has 0 radical (unpaired) electrons. The number of benzene rings is 2. The van der Waals surface area contributed by atoms with Crippen LogP contribution in [0.5, 0.6) is 5.75 Å². The van der Waals surface area contributed by atoms with Gasteiger partial charge in [0.05, 0.1) is 6.61 Å². The summed E-state index contributed by atoms with van der Waals surface area (Å²) < 4.78 is 10.9. The van der Waals surface area contributed by atoms with Crippen molar-refractivity contribution >= 4 is 0 Å². The third-order valence-electron chi connectivity index (χ3n) is 3.78. The van der Waals surface area contributed by atoms with Crippen LogP contribution in [0, 0.1) is 6.92 Å². The van der Waals surface area contributed by atoms with Crippen LogP contribution in [-0.4, -0.2) is 19.8 Å². The van der Waals surface area contributed by atoms with E-state index in [1.165, 1.54) is 16.7 Å². The number of hydrogen-bond donors (Lipinski definition) is 1. The average Bonchev–Trinajstić information content (AvgIpc) is 2.57. The van der Waals surface area contributed by atoms with E-state index in [-0.39, 0.29) is 0 Å². The van der Waals surface area contributed by atoms with Crippen LogP contribution in [0.3, 0.4) is 0 Å². The van der Waals surface area contributed by atoms with Crippen molar-refractivity contribution in [1.29, 1.82) is 0 Å². The SMILES string of the molecule is CCOCCOc1ccc(C(C)NCc2cccc(C)c2)cc1. The summed E-state index contributed by atoms with van der Waals surface area (Å²) >= 11 is 0. The van der Waals surface area contributed by atoms with Crippen LogP contribution in [0.25, 0.3) is 0 Å². The quantitative estimate of drug-likeness (QED) is 0.702. The van der Waals surface area contributed by atoms with Crippen LogP contribution in [0.4, 0.5) is 0 Å². The first-order valence-electron chi connectivity index (χ1n) is 8.28. The number of nitrogens with one attached hydrogen (secondary N) is 1. The first-order valence-corrected chi connectivity index (χ1v) is 8.28. The maximum Gasteiger partial charge on any atom is 0.119 e. The van der Waals surface area contributed by atoms with Crippen molar-refractivity contribution in [2.24, 2.45) is 0 Å². The van der Waals surface area contributed by atoms with Crippen molar-refractivity contribution in [1.82, 2.24) is 5.32 Å². The monoisotopic (exact) mass is 313 g/mol. The van der Waals surface area contributed by atoms with E-state index in [1.54, 1.807) is 0 Å². The Balaban J connectivity index is 1.81. The molecule has 23 heavy (non-hydrogen) atoms. The third kappa shape index (κ3) is 6.05. The lowest BCUT2D eigenvalue weighted by Crippen LogP contribution is -2.18. The van der Waals surface area contributed by atoms with Crippen LogP contribution >= 0.6 is 0 Å². The third-order valence-corrected chi connectivity index (χ3v) is 3.78. The lowest BCUT2D eigenvalue weighted by Gasteiger charge is -2.15. The predicted molar refractivity (Wildman–Crippen MR) is 94.9 cm³/mol. The highest BCUT2D eigenvalue weighted by molar-refractivity contribution is 5.29. The minimum Gasteiger partial charge on any atom is -0.491 e. The number of ether oxygens (including phenoxy) is 2. The van der Waals surface area contributed by atoms with Crippen molar-refractivity contribution in [3.8, 4) is 5.75 Å². The van der Waals surface area contributed by atoms with Crippen LogP contribution in [0.1, 0.15) is 36.6 Å². The lowest BCUT2D eigenvalue weighted by molar-refractivity contribution is 0.110. The summed E-state index contributed by atoms with van der Waals surface area (Å²) in [6.07, 6.45) is 0. The Hall–Kier alpha value is -1.84. The Bertz CT molecular complexity index is 580. The van der Waals surface area contributed by atoms with Gasteiger partial charge < -0.3 is 14.8 Å². The standard InChI is InChI=1S/C20H27NO2/c1-4-22-12-13-23-20-10-8-19(9-11-20)17(3)21-15-18-7-5-6-16(2)14-18/h5-11,14,17,21H,4,12-13,15H2,1-3H3. The summed E-state index contributed by atoms with van der Waals surface area (Å²) in [7, 11) is 0. The smallest absolute Gasteiger partial charge is 0.119 e. The Morgan fingerprint density at radius 1 is 1.04 bits per heavy atom. The minimum atomic E-state index is 0.299.